The van der Waals surface area contributed by atoms with Gasteiger partial charge in [0.05, 0.1) is 0 Å². The van der Waals surface area contributed by atoms with Gasteiger partial charge in [-0.05, 0) is 68.7 Å². The zero-order valence-corrected chi connectivity index (χ0v) is 17.3. The van der Waals surface area contributed by atoms with Crippen LogP contribution in [0.3, 0.4) is 0 Å². The highest BCUT2D eigenvalue weighted by Gasteiger charge is 2.25. The molecule has 1 aliphatic rings. The third kappa shape index (κ3) is 5.87. The molecule has 1 saturated carbocycles. The van der Waals surface area contributed by atoms with Gasteiger partial charge in [-0.2, -0.15) is 0 Å². The summed E-state index contributed by atoms with van der Waals surface area (Å²) in [6.45, 7) is 1.88. The number of carbonyl (C=O) groups excluding carboxylic acids is 1. The standard InChI is InChI=1S/C21H25N3O4S/c1-13-10-18(19(25)23-14-6-8-15(9-7-14)24-21(26)27)20(22-12-13)28-16-4-3-5-17(11-16)29-2/h3-5,10-12,14-15,24H,6-9H2,1-2H3,(H,23,25)(H,26,27). The van der Waals surface area contributed by atoms with Crippen LogP contribution in [0.5, 0.6) is 11.6 Å². The number of pyridine rings is 1. The maximum atomic E-state index is 12.9. The molecular formula is C21H25N3O4S. The number of aromatic nitrogens is 1. The lowest BCUT2D eigenvalue weighted by Gasteiger charge is -2.29. The van der Waals surface area contributed by atoms with Crippen molar-refractivity contribution in [1.82, 2.24) is 15.6 Å². The number of hydrogen-bond donors (Lipinski definition) is 3. The maximum Gasteiger partial charge on any atom is 0.404 e. The second-order valence-corrected chi connectivity index (χ2v) is 8.00. The van der Waals surface area contributed by atoms with Gasteiger partial charge in [-0.15, -0.1) is 11.8 Å². The summed E-state index contributed by atoms with van der Waals surface area (Å²) in [5, 5.41) is 14.4. The molecule has 154 valence electrons. The minimum absolute atomic E-state index is 0.00234. The molecule has 0 aliphatic heterocycles. The van der Waals surface area contributed by atoms with Gasteiger partial charge in [0.2, 0.25) is 5.88 Å². The Morgan fingerprint density at radius 1 is 1.14 bits per heavy atom. The quantitative estimate of drug-likeness (QED) is 0.611. The molecule has 1 aromatic carbocycles. The summed E-state index contributed by atoms with van der Waals surface area (Å²) in [6, 6.07) is 9.35. The monoisotopic (exact) mass is 415 g/mol. The number of carbonyl (C=O) groups is 2. The van der Waals surface area contributed by atoms with Crippen molar-refractivity contribution in [1.29, 1.82) is 0 Å². The van der Waals surface area contributed by atoms with Crippen LogP contribution >= 0.6 is 11.8 Å². The van der Waals surface area contributed by atoms with Crippen LogP contribution in [-0.2, 0) is 0 Å². The van der Waals surface area contributed by atoms with Crippen LogP contribution in [-0.4, -0.2) is 40.4 Å². The van der Waals surface area contributed by atoms with E-state index >= 15 is 0 Å². The first-order chi connectivity index (χ1) is 13.9. The number of thioether (sulfide) groups is 1. The van der Waals surface area contributed by atoms with E-state index in [1.54, 1.807) is 24.0 Å². The number of nitrogens with zero attached hydrogens (tertiary/aromatic N) is 1. The van der Waals surface area contributed by atoms with Gasteiger partial charge < -0.3 is 20.5 Å². The number of benzene rings is 1. The summed E-state index contributed by atoms with van der Waals surface area (Å²) in [6.07, 6.45) is 5.51. The molecule has 3 rings (SSSR count). The molecule has 0 spiro atoms. The second-order valence-electron chi connectivity index (χ2n) is 7.12. The van der Waals surface area contributed by atoms with E-state index in [4.69, 9.17) is 9.84 Å². The fourth-order valence-corrected chi connectivity index (χ4v) is 3.85. The topological polar surface area (TPSA) is 101 Å². The van der Waals surface area contributed by atoms with Crippen LogP contribution in [0, 0.1) is 6.92 Å². The summed E-state index contributed by atoms with van der Waals surface area (Å²) in [5.41, 5.74) is 1.26. The summed E-state index contributed by atoms with van der Waals surface area (Å²) >= 11 is 1.61. The average molecular weight is 416 g/mol. The molecule has 1 aromatic heterocycles. The van der Waals surface area contributed by atoms with E-state index in [0.717, 1.165) is 23.3 Å². The van der Waals surface area contributed by atoms with Crippen molar-refractivity contribution in [3.8, 4) is 11.6 Å². The van der Waals surface area contributed by atoms with E-state index in [1.807, 2.05) is 37.4 Å². The van der Waals surface area contributed by atoms with Gasteiger partial charge in [0.1, 0.15) is 11.3 Å². The maximum absolute atomic E-state index is 12.9. The Bertz CT molecular complexity index is 882. The first-order valence-corrected chi connectivity index (χ1v) is 10.8. The SMILES string of the molecule is CSc1cccc(Oc2ncc(C)cc2C(=O)NC2CCC(NC(=O)O)CC2)c1. The van der Waals surface area contributed by atoms with Crippen LogP contribution in [0.15, 0.2) is 41.4 Å². The predicted octanol–water partition coefficient (Wildman–Crippen LogP) is 4.21. The van der Waals surface area contributed by atoms with Crippen LogP contribution in [0.4, 0.5) is 4.79 Å². The van der Waals surface area contributed by atoms with E-state index in [9.17, 15) is 9.59 Å². The molecule has 8 heteroatoms. The number of carboxylic acid groups (broad SMARTS) is 1. The Morgan fingerprint density at radius 2 is 1.83 bits per heavy atom. The largest absolute Gasteiger partial charge is 0.465 e. The lowest BCUT2D eigenvalue weighted by molar-refractivity contribution is 0.0920. The minimum Gasteiger partial charge on any atom is -0.465 e. The van der Waals surface area contributed by atoms with E-state index in [1.165, 1.54) is 0 Å². The number of aryl methyl sites for hydroxylation is 1. The van der Waals surface area contributed by atoms with Crippen molar-refractivity contribution < 1.29 is 19.4 Å². The third-order valence-electron chi connectivity index (χ3n) is 4.88. The van der Waals surface area contributed by atoms with Gasteiger partial charge in [0.25, 0.3) is 5.91 Å². The lowest BCUT2D eigenvalue weighted by Crippen LogP contribution is -2.43. The van der Waals surface area contributed by atoms with Crippen molar-refractivity contribution in [2.75, 3.05) is 6.26 Å². The van der Waals surface area contributed by atoms with Crippen LogP contribution < -0.4 is 15.4 Å². The molecule has 0 saturated heterocycles. The van der Waals surface area contributed by atoms with E-state index in [-0.39, 0.29) is 23.9 Å². The molecule has 0 atom stereocenters. The highest BCUT2D eigenvalue weighted by atomic mass is 32.2. The van der Waals surface area contributed by atoms with Crippen molar-refractivity contribution >= 4 is 23.8 Å². The third-order valence-corrected chi connectivity index (χ3v) is 5.60. The Morgan fingerprint density at radius 3 is 2.48 bits per heavy atom. The second kappa shape index (κ2) is 9.65. The average Bonchev–Trinajstić information content (AvgIpc) is 2.70. The van der Waals surface area contributed by atoms with Gasteiger partial charge in [-0.3, -0.25) is 4.79 Å². The zero-order valence-electron chi connectivity index (χ0n) is 16.5. The molecule has 7 nitrogen and oxygen atoms in total. The van der Waals surface area contributed by atoms with Crippen molar-refractivity contribution in [3.05, 3.63) is 47.7 Å². The molecule has 29 heavy (non-hydrogen) atoms. The van der Waals surface area contributed by atoms with Gasteiger partial charge >= 0.3 is 6.09 Å². The Balaban J connectivity index is 1.68. The fourth-order valence-electron chi connectivity index (χ4n) is 3.40. The smallest absolute Gasteiger partial charge is 0.404 e. The van der Waals surface area contributed by atoms with Gasteiger partial charge in [-0.25, -0.2) is 9.78 Å². The Hall–Kier alpha value is -2.74. The Kier molecular flexibility index (Phi) is 6.98. The minimum atomic E-state index is -1.00. The van der Waals surface area contributed by atoms with Crippen LogP contribution in [0.1, 0.15) is 41.6 Å². The fraction of sp³-hybridized carbons (Fsp3) is 0.381. The molecule has 0 unspecified atom stereocenters. The summed E-state index contributed by atoms with van der Waals surface area (Å²) in [7, 11) is 0. The molecule has 2 amide bonds. The Labute approximate surface area is 174 Å². The first kappa shape index (κ1) is 21.0. The van der Waals surface area contributed by atoms with Crippen LogP contribution in [0.25, 0.3) is 0 Å². The molecular weight excluding hydrogens is 390 g/mol. The lowest BCUT2D eigenvalue weighted by atomic mass is 9.91. The summed E-state index contributed by atoms with van der Waals surface area (Å²) in [5.74, 6) is 0.668. The number of amides is 2. The molecule has 0 bridgehead atoms. The van der Waals surface area contributed by atoms with Gasteiger partial charge in [-0.1, -0.05) is 6.07 Å². The molecule has 0 radical (unpaired) electrons. The van der Waals surface area contributed by atoms with Gasteiger partial charge in [0, 0.05) is 23.2 Å². The molecule has 1 heterocycles. The summed E-state index contributed by atoms with van der Waals surface area (Å²) < 4.78 is 5.92. The van der Waals surface area contributed by atoms with Crippen molar-refractivity contribution in [3.63, 3.8) is 0 Å². The van der Waals surface area contributed by atoms with E-state index < -0.39 is 6.09 Å². The predicted molar refractivity (Wildman–Crippen MR) is 112 cm³/mol. The van der Waals surface area contributed by atoms with E-state index in [0.29, 0.717) is 24.2 Å². The molecule has 2 aromatic rings. The highest BCUT2D eigenvalue weighted by Crippen LogP contribution is 2.28. The van der Waals surface area contributed by atoms with E-state index in [2.05, 4.69) is 15.6 Å². The molecule has 1 fully saturated rings. The summed E-state index contributed by atoms with van der Waals surface area (Å²) in [4.78, 5) is 29.1. The normalized spacial score (nSPS) is 18.7. The van der Waals surface area contributed by atoms with Gasteiger partial charge in [0.15, 0.2) is 0 Å². The molecule has 1 aliphatic carbocycles. The van der Waals surface area contributed by atoms with Crippen molar-refractivity contribution in [2.45, 2.75) is 49.6 Å². The number of hydrogen-bond acceptors (Lipinski definition) is 5. The molecule has 3 N–H and O–H groups in total. The van der Waals surface area contributed by atoms with Crippen LogP contribution in [0.2, 0.25) is 0 Å². The number of ether oxygens (including phenoxy) is 1. The first-order valence-electron chi connectivity index (χ1n) is 9.53. The zero-order chi connectivity index (χ0) is 20.8. The highest BCUT2D eigenvalue weighted by molar-refractivity contribution is 7.98. The number of rotatable bonds is 6. The van der Waals surface area contributed by atoms with Crippen molar-refractivity contribution in [2.24, 2.45) is 0 Å². The number of nitrogens with one attached hydrogen (secondary N) is 2.